The molecule has 0 aliphatic carbocycles. The summed E-state index contributed by atoms with van der Waals surface area (Å²) in [5.41, 5.74) is 0. The second-order valence-corrected chi connectivity index (χ2v) is 5.79. The van der Waals surface area contributed by atoms with E-state index in [1.54, 1.807) is 30.3 Å². The molecule has 1 unspecified atom stereocenters. The smallest absolute Gasteiger partial charge is 0.390 e. The molecular weight excluding hydrogens is 371 g/mol. The Labute approximate surface area is 124 Å². The quantitative estimate of drug-likeness (QED) is 0.529. The van der Waals surface area contributed by atoms with Crippen LogP contribution in [0.2, 0.25) is 0 Å². The number of benzene rings is 1. The van der Waals surface area contributed by atoms with Gasteiger partial charge in [-0.2, -0.15) is 0 Å². The number of hydrogen-bond acceptors (Lipinski definition) is 2. The molecule has 0 saturated carbocycles. The summed E-state index contributed by atoms with van der Waals surface area (Å²) in [5, 5.41) is 2.77. The molecule has 96 valence electrons. The van der Waals surface area contributed by atoms with E-state index in [1.807, 2.05) is 0 Å². The normalized spacial score (nSPS) is 19.4. The molecule has 1 aromatic rings. The van der Waals surface area contributed by atoms with Crippen LogP contribution in [0.1, 0.15) is 5.48 Å². The fourth-order valence-corrected chi connectivity index (χ4v) is 2.89. The number of para-hydroxylation sites is 1. The van der Waals surface area contributed by atoms with E-state index < -0.39 is 19.4 Å². The topological polar surface area (TPSA) is 50.4 Å². The zero-order chi connectivity index (χ0) is 16.1. The minimum Gasteiger partial charge on any atom is -0.422 e. The second kappa shape index (κ2) is 8.27. The van der Waals surface area contributed by atoms with Gasteiger partial charge in [0.1, 0.15) is 5.75 Å². The van der Waals surface area contributed by atoms with E-state index in [0.717, 1.165) is 0 Å². The standard InChI is InChI=1S/C10H15Br2N2O2P/c11-6-8-13-17(15,14-9-7-12)16-10-4-2-1-3-5-10/h1-5H,6-9H2,(H2,13,14,15)/i6D2,9D2. The highest BCUT2D eigenvalue weighted by Crippen LogP contribution is 2.38. The minimum atomic E-state index is -3.85. The molecule has 0 bridgehead atoms. The highest BCUT2D eigenvalue weighted by molar-refractivity contribution is 9.09. The van der Waals surface area contributed by atoms with Gasteiger partial charge in [0.15, 0.2) is 0 Å². The van der Waals surface area contributed by atoms with Gasteiger partial charge in [0.2, 0.25) is 0 Å². The van der Waals surface area contributed by atoms with Crippen molar-refractivity contribution >= 4 is 39.5 Å². The lowest BCUT2D eigenvalue weighted by atomic mass is 10.3. The lowest BCUT2D eigenvalue weighted by Crippen LogP contribution is -2.28. The van der Waals surface area contributed by atoms with E-state index >= 15 is 0 Å². The van der Waals surface area contributed by atoms with Crippen LogP contribution >= 0.6 is 39.5 Å². The first-order valence-electron chi connectivity index (χ1n) is 6.69. The molecule has 0 aliphatic heterocycles. The van der Waals surface area contributed by atoms with Gasteiger partial charge in [-0.3, -0.25) is 0 Å². The summed E-state index contributed by atoms with van der Waals surface area (Å²) < 4.78 is 48.1. The van der Waals surface area contributed by atoms with Crippen LogP contribution in [0.3, 0.4) is 0 Å². The van der Waals surface area contributed by atoms with Gasteiger partial charge in [0.25, 0.3) is 0 Å². The summed E-state index contributed by atoms with van der Waals surface area (Å²) >= 11 is 5.75. The number of rotatable bonds is 8. The molecule has 7 heteroatoms. The van der Waals surface area contributed by atoms with Gasteiger partial charge >= 0.3 is 7.67 Å². The van der Waals surface area contributed by atoms with Crippen LogP contribution in [0.15, 0.2) is 30.3 Å². The predicted octanol–water partition coefficient (Wildman–Crippen LogP) is 3.14. The van der Waals surface area contributed by atoms with Gasteiger partial charge in [-0.05, 0) is 12.1 Å². The van der Waals surface area contributed by atoms with E-state index in [2.05, 4.69) is 42.0 Å². The number of nitrogens with one attached hydrogen (secondary N) is 2. The van der Waals surface area contributed by atoms with E-state index in [4.69, 9.17) is 10.0 Å². The third kappa shape index (κ3) is 6.02. The first-order chi connectivity index (χ1) is 9.55. The largest absolute Gasteiger partial charge is 0.422 e. The van der Waals surface area contributed by atoms with Gasteiger partial charge in [0.05, 0.1) is 0 Å². The van der Waals surface area contributed by atoms with Crippen molar-refractivity contribution in [3.05, 3.63) is 30.3 Å². The maximum atomic E-state index is 12.7. The number of hydrogen-bond donors (Lipinski definition) is 2. The molecule has 0 spiro atoms. The zero-order valence-electron chi connectivity index (χ0n) is 12.8. The van der Waals surface area contributed by atoms with Gasteiger partial charge in [0, 0.05) is 29.1 Å². The maximum absolute atomic E-state index is 12.7. The average molecular weight is 390 g/mol. The first-order valence-corrected chi connectivity index (χ1v) is 8.23. The summed E-state index contributed by atoms with van der Waals surface area (Å²) in [6.07, 6.45) is 0. The van der Waals surface area contributed by atoms with Crippen molar-refractivity contribution < 1.29 is 14.6 Å². The molecule has 1 rings (SSSR count). The van der Waals surface area contributed by atoms with Crippen LogP contribution in [0.25, 0.3) is 0 Å². The molecule has 1 atom stereocenters. The molecule has 0 heterocycles. The monoisotopic (exact) mass is 388 g/mol. The Bertz CT molecular complexity index is 502. The highest BCUT2D eigenvalue weighted by atomic mass is 79.9. The molecule has 0 radical (unpaired) electrons. The fraction of sp³-hybridized carbons (Fsp3) is 0.400. The average Bonchev–Trinajstić information content (AvgIpc) is 2.36. The maximum Gasteiger partial charge on any atom is 0.390 e. The Kier molecular flexibility index (Phi) is 4.86. The summed E-state index contributed by atoms with van der Waals surface area (Å²) in [5.74, 6) is 0.279. The first kappa shape index (κ1) is 9.98. The molecule has 0 saturated heterocycles. The molecule has 1 aromatic carbocycles. The highest BCUT2D eigenvalue weighted by Gasteiger charge is 2.22. The molecule has 0 aliphatic rings. The third-order valence-electron chi connectivity index (χ3n) is 1.62. The lowest BCUT2D eigenvalue weighted by Gasteiger charge is -2.20. The molecular formula is C10H15Br2N2O2P. The Morgan fingerprint density at radius 3 is 2.59 bits per heavy atom. The van der Waals surface area contributed by atoms with Crippen molar-refractivity contribution in [1.29, 1.82) is 0 Å². The minimum absolute atomic E-state index is 0.106. The summed E-state index contributed by atoms with van der Waals surface area (Å²) in [6, 6.07) is 8.27. The molecule has 0 aromatic heterocycles. The number of halogens is 2. The van der Waals surface area contributed by atoms with Gasteiger partial charge in [-0.25, -0.2) is 14.7 Å². The third-order valence-corrected chi connectivity index (χ3v) is 3.68. The van der Waals surface area contributed by atoms with E-state index in [9.17, 15) is 4.57 Å². The Morgan fingerprint density at radius 1 is 1.29 bits per heavy atom. The molecule has 17 heavy (non-hydrogen) atoms. The van der Waals surface area contributed by atoms with Gasteiger partial charge < -0.3 is 4.52 Å². The van der Waals surface area contributed by atoms with E-state index in [1.165, 1.54) is 0 Å². The molecule has 2 N–H and O–H groups in total. The Balaban J connectivity index is 2.90. The van der Waals surface area contributed by atoms with Crippen LogP contribution in [0.4, 0.5) is 0 Å². The van der Waals surface area contributed by atoms with Crippen molar-refractivity contribution in [2.75, 3.05) is 23.7 Å². The summed E-state index contributed by atoms with van der Waals surface area (Å²) in [7, 11) is -3.85. The summed E-state index contributed by atoms with van der Waals surface area (Å²) in [6.45, 7) is -2.32. The van der Waals surface area contributed by atoms with Gasteiger partial charge in [-0.15, -0.1) is 0 Å². The van der Waals surface area contributed by atoms with Crippen molar-refractivity contribution in [3.63, 3.8) is 0 Å². The van der Waals surface area contributed by atoms with E-state index in [0.29, 0.717) is 0 Å². The predicted molar refractivity (Wildman–Crippen MR) is 78.3 cm³/mol. The summed E-state index contributed by atoms with van der Waals surface area (Å²) in [4.78, 5) is 0. The van der Waals surface area contributed by atoms with Crippen molar-refractivity contribution in [3.8, 4) is 5.75 Å². The molecule has 4 nitrogen and oxygen atoms in total. The van der Waals surface area contributed by atoms with Crippen LogP contribution in [0.5, 0.6) is 5.75 Å². The van der Waals surface area contributed by atoms with Crippen LogP contribution in [0, 0.1) is 0 Å². The lowest BCUT2D eigenvalue weighted by molar-refractivity contribution is 0.455. The molecule has 0 fully saturated rings. The van der Waals surface area contributed by atoms with Gasteiger partial charge in [-0.1, -0.05) is 50.1 Å². The Morgan fingerprint density at radius 2 is 2.00 bits per heavy atom. The Hall–Kier alpha value is 0.130. The van der Waals surface area contributed by atoms with Crippen LogP contribution in [-0.4, -0.2) is 23.7 Å². The molecule has 0 amide bonds. The van der Waals surface area contributed by atoms with Crippen molar-refractivity contribution in [1.82, 2.24) is 10.2 Å². The zero-order valence-corrected chi connectivity index (χ0v) is 12.9. The van der Waals surface area contributed by atoms with Crippen LogP contribution < -0.4 is 14.7 Å². The number of alkyl halides is 2. The van der Waals surface area contributed by atoms with E-state index in [-0.39, 0.29) is 17.6 Å². The van der Waals surface area contributed by atoms with Crippen molar-refractivity contribution in [2.24, 2.45) is 0 Å². The SMILES string of the molecule is [2H]C([2H])(Br)CNP(=O)(NC([2H])([2H])CBr)Oc1ccccc1. The second-order valence-electron chi connectivity index (χ2n) is 2.85. The van der Waals surface area contributed by atoms with Crippen LogP contribution in [-0.2, 0) is 4.57 Å². The fourth-order valence-electron chi connectivity index (χ4n) is 0.992. The van der Waals surface area contributed by atoms with Crippen molar-refractivity contribution in [2.45, 2.75) is 0 Å².